The third-order valence-electron chi connectivity index (χ3n) is 5.76. The summed E-state index contributed by atoms with van der Waals surface area (Å²) >= 11 is 1.69. The van der Waals surface area contributed by atoms with Gasteiger partial charge >= 0.3 is 0 Å². The van der Waals surface area contributed by atoms with Gasteiger partial charge in [0.2, 0.25) is 5.91 Å². The van der Waals surface area contributed by atoms with E-state index in [1.807, 2.05) is 21.2 Å². The van der Waals surface area contributed by atoms with Crippen molar-refractivity contribution in [1.82, 2.24) is 9.80 Å². The Morgan fingerprint density at radius 3 is 3.06 bits per heavy atom. The van der Waals surface area contributed by atoms with E-state index < -0.39 is 6.10 Å². The predicted molar refractivity (Wildman–Crippen MR) is 128 cm³/mol. The molecule has 1 N–H and O–H groups in total. The number of carbonyl (C=O) groups is 1. The zero-order chi connectivity index (χ0) is 23.6. The van der Waals surface area contributed by atoms with Crippen molar-refractivity contribution in [2.24, 2.45) is 0 Å². The number of amides is 1. The number of thiophene rings is 1. The number of nitrogens with zero attached hydrogens (tertiary/aromatic N) is 2. The van der Waals surface area contributed by atoms with Crippen LogP contribution >= 0.6 is 11.3 Å². The van der Waals surface area contributed by atoms with Crippen molar-refractivity contribution in [2.75, 3.05) is 46.5 Å². The number of halogens is 1. The average molecular weight is 477 g/mol. The topological polar surface area (TPSA) is 62.2 Å². The van der Waals surface area contributed by atoms with Gasteiger partial charge in [-0.3, -0.25) is 9.69 Å². The van der Waals surface area contributed by atoms with Gasteiger partial charge in [0.25, 0.3) is 0 Å². The molecule has 0 aliphatic carbocycles. The summed E-state index contributed by atoms with van der Waals surface area (Å²) in [5, 5.41) is 12.4. The van der Waals surface area contributed by atoms with Crippen LogP contribution in [-0.2, 0) is 16.0 Å². The number of rotatable bonds is 13. The lowest BCUT2D eigenvalue weighted by Crippen LogP contribution is -2.48. The molecule has 8 heteroatoms. The summed E-state index contributed by atoms with van der Waals surface area (Å²) < 4.78 is 24.7. The van der Waals surface area contributed by atoms with Gasteiger partial charge in [-0.25, -0.2) is 4.39 Å². The van der Waals surface area contributed by atoms with Crippen molar-refractivity contribution < 1.29 is 23.8 Å². The number of aliphatic hydroxyl groups excluding tert-OH is 1. The highest BCUT2D eigenvalue weighted by Gasteiger charge is 2.33. The van der Waals surface area contributed by atoms with Crippen molar-refractivity contribution >= 4 is 17.2 Å². The van der Waals surface area contributed by atoms with E-state index in [9.17, 15) is 14.3 Å². The fourth-order valence-electron chi connectivity index (χ4n) is 4.04. The molecule has 1 aliphatic heterocycles. The van der Waals surface area contributed by atoms with Crippen molar-refractivity contribution in [3.63, 3.8) is 0 Å². The molecule has 0 spiro atoms. The van der Waals surface area contributed by atoms with Gasteiger partial charge in [-0.15, -0.1) is 17.9 Å². The summed E-state index contributed by atoms with van der Waals surface area (Å²) in [4.78, 5) is 18.5. The van der Waals surface area contributed by atoms with Gasteiger partial charge in [-0.1, -0.05) is 12.1 Å². The van der Waals surface area contributed by atoms with Gasteiger partial charge in [-0.2, -0.15) is 0 Å². The molecule has 6 nitrogen and oxygen atoms in total. The number of allylic oxidation sites excluding steroid dienone is 1. The molecule has 2 aromatic rings. The predicted octanol–water partition coefficient (Wildman–Crippen LogP) is 3.67. The highest BCUT2D eigenvalue weighted by atomic mass is 32.1. The SMILES string of the molecule is C=CCC[C@H](O)CN(CCOC)CC(=O)N1CCc2sccc2[C@H]1COc1cccc(F)c1. The molecule has 0 unspecified atom stereocenters. The number of carbonyl (C=O) groups excluding carboxylic acids is 1. The minimum atomic E-state index is -0.537. The molecule has 1 aromatic heterocycles. The molecule has 1 amide bonds. The quantitative estimate of drug-likeness (QED) is 0.447. The molecule has 0 saturated carbocycles. The maximum absolute atomic E-state index is 13.6. The number of hydrogen-bond acceptors (Lipinski definition) is 6. The van der Waals surface area contributed by atoms with Crippen LogP contribution in [0.2, 0.25) is 0 Å². The van der Waals surface area contributed by atoms with Gasteiger partial charge in [0, 0.05) is 37.7 Å². The molecule has 33 heavy (non-hydrogen) atoms. The lowest BCUT2D eigenvalue weighted by Gasteiger charge is -2.37. The second-order valence-corrected chi connectivity index (χ2v) is 9.17. The number of methoxy groups -OCH3 is 1. The van der Waals surface area contributed by atoms with Crippen molar-refractivity contribution in [3.05, 3.63) is 64.6 Å². The van der Waals surface area contributed by atoms with E-state index in [-0.39, 0.29) is 30.9 Å². The monoisotopic (exact) mass is 476 g/mol. The van der Waals surface area contributed by atoms with Crippen molar-refractivity contribution in [3.8, 4) is 5.75 Å². The number of ether oxygens (including phenoxy) is 2. The van der Waals surface area contributed by atoms with Crippen LogP contribution in [0.25, 0.3) is 0 Å². The minimum absolute atomic E-state index is 0.0216. The van der Waals surface area contributed by atoms with Crippen molar-refractivity contribution in [1.29, 1.82) is 0 Å². The van der Waals surface area contributed by atoms with E-state index in [0.29, 0.717) is 38.4 Å². The largest absolute Gasteiger partial charge is 0.491 e. The first-order valence-corrected chi connectivity index (χ1v) is 12.1. The lowest BCUT2D eigenvalue weighted by molar-refractivity contribution is -0.136. The van der Waals surface area contributed by atoms with Gasteiger partial charge in [0.15, 0.2) is 0 Å². The van der Waals surface area contributed by atoms with E-state index in [1.165, 1.54) is 17.0 Å². The van der Waals surface area contributed by atoms with Crippen LogP contribution in [0.1, 0.15) is 29.3 Å². The summed E-state index contributed by atoms with van der Waals surface area (Å²) in [6.07, 6.45) is 3.37. The van der Waals surface area contributed by atoms with E-state index >= 15 is 0 Å². The van der Waals surface area contributed by atoms with Gasteiger partial charge in [0.05, 0.1) is 25.3 Å². The van der Waals surface area contributed by atoms with Crippen LogP contribution in [0, 0.1) is 5.82 Å². The van der Waals surface area contributed by atoms with Crippen LogP contribution in [0.4, 0.5) is 4.39 Å². The minimum Gasteiger partial charge on any atom is -0.491 e. The van der Waals surface area contributed by atoms with Crippen molar-refractivity contribution in [2.45, 2.75) is 31.4 Å². The summed E-state index contributed by atoms with van der Waals surface area (Å²) in [7, 11) is 1.62. The zero-order valence-electron chi connectivity index (χ0n) is 19.1. The fourth-order valence-corrected chi connectivity index (χ4v) is 4.97. The van der Waals surface area contributed by atoms with E-state index in [1.54, 1.807) is 36.7 Å². The Hall–Kier alpha value is -2.26. The van der Waals surface area contributed by atoms with Crippen LogP contribution in [0.3, 0.4) is 0 Å². The molecule has 0 fully saturated rings. The number of aliphatic hydroxyl groups is 1. The molecular formula is C25H33FN2O4S. The first-order valence-electron chi connectivity index (χ1n) is 11.3. The van der Waals surface area contributed by atoms with Crippen LogP contribution < -0.4 is 4.74 Å². The molecule has 2 atom stereocenters. The maximum Gasteiger partial charge on any atom is 0.237 e. The molecule has 2 heterocycles. The van der Waals surface area contributed by atoms with Crippen LogP contribution in [0.15, 0.2) is 48.4 Å². The van der Waals surface area contributed by atoms with Gasteiger partial charge in [0.1, 0.15) is 18.2 Å². The highest BCUT2D eigenvalue weighted by Crippen LogP contribution is 2.34. The molecule has 0 saturated heterocycles. The third-order valence-corrected chi connectivity index (χ3v) is 6.76. The lowest BCUT2D eigenvalue weighted by atomic mass is 10.0. The number of fused-ring (bicyclic) bond motifs is 1. The Kier molecular flexibility index (Phi) is 9.87. The van der Waals surface area contributed by atoms with Crippen LogP contribution in [-0.4, -0.2) is 73.4 Å². The standard InChI is InChI=1S/C25H33FN2O4S/c1-3-4-7-20(29)16-27(12-13-31-2)17-25(30)28-11-9-24-22(10-14-33-24)23(28)18-32-21-8-5-6-19(26)15-21/h3,5-6,8,10,14-15,20,23,29H,1,4,7,9,11-13,16-18H2,2H3/t20-,23+/m0/s1. The Morgan fingerprint density at radius 1 is 1.45 bits per heavy atom. The van der Waals surface area contributed by atoms with E-state index in [0.717, 1.165) is 18.4 Å². The van der Waals surface area contributed by atoms with Crippen LogP contribution in [0.5, 0.6) is 5.75 Å². The summed E-state index contributed by atoms with van der Waals surface area (Å²) in [6, 6.07) is 7.84. The molecular weight excluding hydrogens is 443 g/mol. The Bertz CT molecular complexity index is 906. The first kappa shape index (κ1) is 25.4. The maximum atomic E-state index is 13.6. The summed E-state index contributed by atoms with van der Waals surface area (Å²) in [5.74, 6) is 0.0626. The summed E-state index contributed by atoms with van der Waals surface area (Å²) in [6.45, 7) is 6.15. The fraction of sp³-hybridized carbons (Fsp3) is 0.480. The Labute approximate surface area is 199 Å². The number of benzene rings is 1. The first-order chi connectivity index (χ1) is 16.0. The molecule has 180 valence electrons. The normalized spacial score (nSPS) is 16.5. The molecule has 1 aromatic carbocycles. The smallest absolute Gasteiger partial charge is 0.237 e. The van der Waals surface area contributed by atoms with Gasteiger partial charge < -0.3 is 19.5 Å². The molecule has 1 aliphatic rings. The number of hydrogen-bond donors (Lipinski definition) is 1. The Morgan fingerprint density at radius 2 is 2.30 bits per heavy atom. The molecule has 0 bridgehead atoms. The van der Waals surface area contributed by atoms with E-state index in [2.05, 4.69) is 6.58 Å². The highest BCUT2D eigenvalue weighted by molar-refractivity contribution is 7.10. The van der Waals surface area contributed by atoms with E-state index in [4.69, 9.17) is 9.47 Å². The third kappa shape index (κ3) is 7.37. The Balaban J connectivity index is 1.70. The molecule has 3 rings (SSSR count). The average Bonchev–Trinajstić information content (AvgIpc) is 3.28. The van der Waals surface area contributed by atoms with Gasteiger partial charge in [-0.05, 0) is 48.4 Å². The molecule has 0 radical (unpaired) electrons. The second-order valence-electron chi connectivity index (χ2n) is 8.17. The zero-order valence-corrected chi connectivity index (χ0v) is 19.9. The second kappa shape index (κ2) is 12.8. The summed E-state index contributed by atoms with van der Waals surface area (Å²) in [5.41, 5.74) is 1.09.